The molecule has 0 aromatic heterocycles. The van der Waals surface area contributed by atoms with E-state index in [9.17, 15) is 18.0 Å². The lowest BCUT2D eigenvalue weighted by Crippen LogP contribution is -2.51. The molecule has 242 valence electrons. The Morgan fingerprint density at radius 3 is 1.98 bits per heavy atom. The molecule has 0 saturated heterocycles. The Bertz CT molecular complexity index is 1730. The summed E-state index contributed by atoms with van der Waals surface area (Å²) in [6.07, 6.45) is 0. The van der Waals surface area contributed by atoms with Crippen molar-refractivity contribution in [3.63, 3.8) is 0 Å². The van der Waals surface area contributed by atoms with E-state index in [4.69, 9.17) is 27.9 Å². The molecule has 0 heterocycles. The summed E-state index contributed by atoms with van der Waals surface area (Å²) in [7, 11) is -4.24. The van der Waals surface area contributed by atoms with Crippen LogP contribution in [0.25, 0.3) is 0 Å². The Hall–Kier alpha value is -4.05. The van der Waals surface area contributed by atoms with Crippen molar-refractivity contribution in [3.8, 4) is 11.5 Å². The van der Waals surface area contributed by atoms with E-state index in [1.54, 1.807) is 73.7 Å². The second-order valence-corrected chi connectivity index (χ2v) is 13.9. The zero-order valence-electron chi connectivity index (χ0n) is 26.1. The highest BCUT2D eigenvalue weighted by molar-refractivity contribution is 7.92. The number of para-hydroxylation sites is 1. The molecule has 11 heteroatoms. The van der Waals surface area contributed by atoms with Crippen molar-refractivity contribution in [2.24, 2.45) is 5.92 Å². The number of halogens is 2. The van der Waals surface area contributed by atoms with Gasteiger partial charge >= 0.3 is 0 Å². The molecule has 4 aromatic rings. The lowest BCUT2D eigenvalue weighted by atomic mass is 10.1. The Kier molecular flexibility index (Phi) is 11.7. The average Bonchev–Trinajstić information content (AvgIpc) is 3.03. The van der Waals surface area contributed by atoms with Gasteiger partial charge in [-0.3, -0.25) is 13.9 Å². The predicted molar refractivity (Wildman–Crippen MR) is 183 cm³/mol. The van der Waals surface area contributed by atoms with Crippen LogP contribution in [-0.2, 0) is 26.2 Å². The minimum Gasteiger partial charge on any atom is -0.457 e. The minimum absolute atomic E-state index is 0.0129. The minimum atomic E-state index is -4.24. The largest absolute Gasteiger partial charge is 0.457 e. The van der Waals surface area contributed by atoms with Gasteiger partial charge in [-0.1, -0.05) is 79.0 Å². The number of ether oxygens (including phenoxy) is 1. The van der Waals surface area contributed by atoms with Crippen LogP contribution in [-0.4, -0.2) is 44.3 Å². The fourth-order valence-electron chi connectivity index (χ4n) is 4.56. The number of anilines is 1. The van der Waals surface area contributed by atoms with Crippen LogP contribution in [0.2, 0.25) is 10.0 Å². The summed E-state index contributed by atoms with van der Waals surface area (Å²) in [5.41, 5.74) is 1.56. The molecule has 4 aromatic carbocycles. The fraction of sp³-hybridized carbons (Fsp3) is 0.257. The van der Waals surface area contributed by atoms with Crippen LogP contribution in [0, 0.1) is 12.8 Å². The first kappa shape index (κ1) is 34.8. The molecule has 4 rings (SSSR count). The van der Waals surface area contributed by atoms with Gasteiger partial charge in [0.15, 0.2) is 0 Å². The van der Waals surface area contributed by atoms with Gasteiger partial charge in [-0.25, -0.2) is 8.42 Å². The first-order valence-electron chi connectivity index (χ1n) is 14.8. The van der Waals surface area contributed by atoms with Gasteiger partial charge in [-0.15, -0.1) is 0 Å². The van der Waals surface area contributed by atoms with Crippen molar-refractivity contribution in [2.75, 3.05) is 17.4 Å². The number of aryl methyl sites for hydroxylation is 1. The second-order valence-electron chi connectivity index (χ2n) is 11.3. The van der Waals surface area contributed by atoms with Gasteiger partial charge in [-0.2, -0.15) is 0 Å². The summed E-state index contributed by atoms with van der Waals surface area (Å²) in [4.78, 5) is 28.7. The normalized spacial score (nSPS) is 12.0. The molecule has 2 amide bonds. The van der Waals surface area contributed by atoms with E-state index in [2.05, 4.69) is 5.32 Å². The third-order valence-corrected chi connectivity index (χ3v) is 9.73. The molecule has 0 radical (unpaired) electrons. The zero-order valence-corrected chi connectivity index (χ0v) is 28.4. The van der Waals surface area contributed by atoms with Crippen molar-refractivity contribution in [1.82, 2.24) is 10.2 Å². The molecule has 1 N–H and O–H groups in total. The molecule has 46 heavy (non-hydrogen) atoms. The Labute approximate surface area is 280 Å². The molecular weight excluding hydrogens is 645 g/mol. The molecular formula is C35H37Cl2N3O5S. The van der Waals surface area contributed by atoms with E-state index in [1.807, 2.05) is 39.0 Å². The smallest absolute Gasteiger partial charge is 0.264 e. The highest BCUT2D eigenvalue weighted by Crippen LogP contribution is 2.30. The maximum Gasteiger partial charge on any atom is 0.264 e. The number of nitrogens with one attached hydrogen (secondary N) is 1. The maximum absolute atomic E-state index is 14.2. The molecule has 0 spiro atoms. The number of benzene rings is 4. The summed E-state index contributed by atoms with van der Waals surface area (Å²) < 4.78 is 35.2. The summed E-state index contributed by atoms with van der Waals surface area (Å²) in [5, 5.41) is 3.50. The van der Waals surface area contributed by atoms with E-state index in [1.165, 1.54) is 17.0 Å². The van der Waals surface area contributed by atoms with Gasteiger partial charge in [0.2, 0.25) is 11.8 Å². The molecule has 1 unspecified atom stereocenters. The predicted octanol–water partition coefficient (Wildman–Crippen LogP) is 7.48. The van der Waals surface area contributed by atoms with Crippen LogP contribution in [0.3, 0.4) is 0 Å². The molecule has 0 bridgehead atoms. The van der Waals surface area contributed by atoms with E-state index >= 15 is 0 Å². The third-order valence-electron chi connectivity index (χ3n) is 7.23. The van der Waals surface area contributed by atoms with Crippen molar-refractivity contribution in [1.29, 1.82) is 0 Å². The van der Waals surface area contributed by atoms with Gasteiger partial charge in [0.25, 0.3) is 10.0 Å². The summed E-state index contributed by atoms with van der Waals surface area (Å²) in [6, 6.07) is 26.0. The first-order valence-corrected chi connectivity index (χ1v) is 17.0. The van der Waals surface area contributed by atoms with E-state index in [-0.39, 0.29) is 29.0 Å². The number of sulfonamides is 1. The number of nitrogens with zero attached hydrogens (tertiary/aromatic N) is 2. The van der Waals surface area contributed by atoms with E-state index in [0.29, 0.717) is 33.7 Å². The van der Waals surface area contributed by atoms with Crippen LogP contribution in [0.15, 0.2) is 102 Å². The van der Waals surface area contributed by atoms with E-state index in [0.717, 1.165) is 9.87 Å². The molecule has 0 aliphatic heterocycles. The van der Waals surface area contributed by atoms with Crippen LogP contribution in [0.5, 0.6) is 11.5 Å². The number of amides is 2. The topological polar surface area (TPSA) is 96.0 Å². The summed E-state index contributed by atoms with van der Waals surface area (Å²) in [5.74, 6) is 0.277. The average molecular weight is 683 g/mol. The Balaban J connectivity index is 1.72. The van der Waals surface area contributed by atoms with Crippen LogP contribution in [0.1, 0.15) is 31.9 Å². The lowest BCUT2D eigenvalue weighted by Gasteiger charge is -2.32. The van der Waals surface area contributed by atoms with Crippen molar-refractivity contribution >= 4 is 50.7 Å². The van der Waals surface area contributed by atoms with Gasteiger partial charge in [-0.05, 0) is 80.4 Å². The maximum atomic E-state index is 14.2. The first-order chi connectivity index (χ1) is 21.9. The molecule has 0 fully saturated rings. The molecule has 0 aliphatic carbocycles. The van der Waals surface area contributed by atoms with Crippen molar-refractivity contribution in [2.45, 2.75) is 45.2 Å². The number of carbonyl (C=O) groups is 2. The lowest BCUT2D eigenvalue weighted by molar-refractivity contribution is -0.139. The highest BCUT2D eigenvalue weighted by atomic mass is 35.5. The molecule has 8 nitrogen and oxygen atoms in total. The Morgan fingerprint density at radius 1 is 0.804 bits per heavy atom. The number of hydrogen-bond donors (Lipinski definition) is 1. The molecule has 0 saturated carbocycles. The van der Waals surface area contributed by atoms with Crippen LogP contribution >= 0.6 is 23.2 Å². The van der Waals surface area contributed by atoms with E-state index < -0.39 is 28.5 Å². The summed E-state index contributed by atoms with van der Waals surface area (Å²) in [6.45, 7) is 7.06. The highest BCUT2D eigenvalue weighted by Gasteiger charge is 2.33. The second kappa shape index (κ2) is 15.5. The Morgan fingerprint density at radius 2 is 1.39 bits per heavy atom. The SMILES string of the molecule is Cc1ccc(S(=O)(=O)N(CC(=O)N(Cc2c(Cl)cccc2Cl)C(C)C(=O)NCC(C)C)c2ccc(Oc3ccccc3)cc2)cc1. The van der Waals surface area contributed by atoms with Gasteiger partial charge in [0.05, 0.1) is 10.6 Å². The fourth-order valence-corrected chi connectivity index (χ4v) is 6.49. The monoisotopic (exact) mass is 681 g/mol. The van der Waals surface area contributed by atoms with Crippen LogP contribution < -0.4 is 14.4 Å². The summed E-state index contributed by atoms with van der Waals surface area (Å²) >= 11 is 12.9. The van der Waals surface area contributed by atoms with Crippen molar-refractivity contribution < 1.29 is 22.7 Å². The molecule has 1 atom stereocenters. The number of hydrogen-bond acceptors (Lipinski definition) is 5. The standard InChI is InChI=1S/C35H37Cl2N3O5S/c1-24(2)21-38-35(42)26(4)39(22-31-32(36)11-8-12-33(31)37)34(41)23-40(46(43,44)30-19-13-25(3)14-20-30)27-15-17-29(18-16-27)45-28-9-6-5-7-10-28/h5-20,24,26H,21-23H2,1-4H3,(H,38,42). The molecule has 0 aliphatic rings. The van der Waals surface area contributed by atoms with Crippen LogP contribution in [0.4, 0.5) is 5.69 Å². The zero-order chi connectivity index (χ0) is 33.4. The third kappa shape index (κ3) is 8.81. The quantitative estimate of drug-likeness (QED) is 0.158. The van der Waals surface area contributed by atoms with Gasteiger partial charge in [0.1, 0.15) is 24.1 Å². The van der Waals surface area contributed by atoms with Gasteiger partial charge in [0, 0.05) is 28.7 Å². The number of rotatable bonds is 13. The number of carbonyl (C=O) groups excluding carboxylic acids is 2. The van der Waals surface area contributed by atoms with Crippen molar-refractivity contribution in [3.05, 3.63) is 118 Å². The van der Waals surface area contributed by atoms with Gasteiger partial charge < -0.3 is 15.0 Å².